The van der Waals surface area contributed by atoms with Gasteiger partial charge in [0.25, 0.3) is 5.89 Å². The molecule has 2 unspecified atom stereocenters. The lowest BCUT2D eigenvalue weighted by molar-refractivity contribution is 0.0962. The number of halogens is 2. The Morgan fingerprint density at radius 2 is 2.00 bits per heavy atom. The first-order valence-electron chi connectivity index (χ1n) is 11.3. The molecule has 2 atom stereocenters. The second-order valence-corrected chi connectivity index (χ2v) is 8.84. The lowest BCUT2D eigenvalue weighted by Gasteiger charge is -2.38. The zero-order valence-electron chi connectivity index (χ0n) is 19.3. The number of rotatable bonds is 6. The van der Waals surface area contributed by atoms with Crippen molar-refractivity contribution >= 4 is 22.9 Å². The number of benzene rings is 2. The summed E-state index contributed by atoms with van der Waals surface area (Å²) >= 11 is 5.70. The highest BCUT2D eigenvalue weighted by molar-refractivity contribution is 7.80. The van der Waals surface area contributed by atoms with Gasteiger partial charge in [-0.1, -0.05) is 17.3 Å². The number of ether oxygens (including phenoxy) is 2. The maximum Gasteiger partial charge on any atom is 0.258 e. The van der Waals surface area contributed by atoms with Crippen molar-refractivity contribution in [2.75, 3.05) is 20.3 Å². The van der Waals surface area contributed by atoms with Crippen LogP contribution in [0, 0.1) is 11.6 Å². The molecule has 3 aromatic rings. The van der Waals surface area contributed by atoms with Gasteiger partial charge in [0.15, 0.2) is 16.7 Å². The summed E-state index contributed by atoms with van der Waals surface area (Å²) in [7, 11) is 1.40. The van der Waals surface area contributed by atoms with E-state index in [0.29, 0.717) is 22.8 Å². The standard InChI is InChI=1S/C25H24F2N4O3S/c1-14-21(24-29-23(30-34-24)16-7-10-20(32-2)19(27)12-16)22(15-5-8-17(26)9-6-15)28-25(35)31(14)13-18-4-3-11-33-18/h5-10,12,18,22H,3-4,11,13H2,1-2H3,(H,28,35). The molecule has 0 saturated carbocycles. The third kappa shape index (κ3) is 4.63. The zero-order chi connectivity index (χ0) is 24.5. The van der Waals surface area contributed by atoms with Gasteiger partial charge < -0.3 is 24.2 Å². The molecule has 1 aromatic heterocycles. The Morgan fingerprint density at radius 1 is 1.20 bits per heavy atom. The Labute approximate surface area is 206 Å². The Morgan fingerprint density at radius 3 is 2.69 bits per heavy atom. The van der Waals surface area contributed by atoms with Gasteiger partial charge in [0.2, 0.25) is 5.82 Å². The van der Waals surface area contributed by atoms with Gasteiger partial charge in [0.05, 0.1) is 31.4 Å². The molecule has 2 aliphatic rings. The van der Waals surface area contributed by atoms with Crippen molar-refractivity contribution in [1.82, 2.24) is 20.4 Å². The normalized spacial score (nSPS) is 20.3. The van der Waals surface area contributed by atoms with Gasteiger partial charge in [-0.2, -0.15) is 4.98 Å². The summed E-state index contributed by atoms with van der Waals surface area (Å²) in [5.74, 6) is -0.240. The third-order valence-electron chi connectivity index (χ3n) is 6.28. The van der Waals surface area contributed by atoms with Crippen molar-refractivity contribution in [3.05, 3.63) is 71.3 Å². The van der Waals surface area contributed by atoms with E-state index in [1.54, 1.807) is 18.2 Å². The van der Waals surface area contributed by atoms with Gasteiger partial charge in [-0.3, -0.25) is 0 Å². The largest absolute Gasteiger partial charge is 0.494 e. The van der Waals surface area contributed by atoms with E-state index in [1.165, 1.54) is 31.4 Å². The molecule has 3 heterocycles. The average Bonchev–Trinajstić information content (AvgIpc) is 3.54. The number of nitrogens with zero attached hydrogens (tertiary/aromatic N) is 3. The summed E-state index contributed by atoms with van der Waals surface area (Å²) < 4.78 is 44.4. The van der Waals surface area contributed by atoms with E-state index in [-0.39, 0.29) is 29.4 Å². The predicted octanol–water partition coefficient (Wildman–Crippen LogP) is 4.86. The molecule has 2 aliphatic heterocycles. The van der Waals surface area contributed by atoms with Crippen LogP contribution in [0.1, 0.15) is 37.3 Å². The fourth-order valence-corrected chi connectivity index (χ4v) is 4.76. The van der Waals surface area contributed by atoms with Crippen molar-refractivity contribution in [2.24, 2.45) is 0 Å². The number of hydrogen-bond acceptors (Lipinski definition) is 6. The van der Waals surface area contributed by atoms with E-state index in [9.17, 15) is 8.78 Å². The lowest BCUT2D eigenvalue weighted by Crippen LogP contribution is -2.48. The van der Waals surface area contributed by atoms with Crippen LogP contribution >= 0.6 is 12.2 Å². The van der Waals surface area contributed by atoms with E-state index in [4.69, 9.17) is 26.2 Å². The number of nitrogens with one attached hydrogen (secondary N) is 1. The van der Waals surface area contributed by atoms with Crippen molar-refractivity contribution in [2.45, 2.75) is 31.9 Å². The average molecular weight is 499 g/mol. The minimum Gasteiger partial charge on any atom is -0.494 e. The summed E-state index contributed by atoms with van der Waals surface area (Å²) in [6.07, 6.45) is 2.03. The Bertz CT molecular complexity index is 1270. The highest BCUT2D eigenvalue weighted by Crippen LogP contribution is 2.38. The van der Waals surface area contributed by atoms with Crippen LogP contribution < -0.4 is 10.1 Å². The molecule has 0 amide bonds. The van der Waals surface area contributed by atoms with Crippen LogP contribution in [0.5, 0.6) is 5.75 Å². The van der Waals surface area contributed by atoms with Gasteiger partial charge >= 0.3 is 0 Å². The summed E-state index contributed by atoms with van der Waals surface area (Å²) in [4.78, 5) is 6.55. The summed E-state index contributed by atoms with van der Waals surface area (Å²) in [6.45, 7) is 3.25. The predicted molar refractivity (Wildman–Crippen MR) is 129 cm³/mol. The van der Waals surface area contributed by atoms with Crippen molar-refractivity contribution in [3.8, 4) is 17.1 Å². The first kappa shape index (κ1) is 23.4. The SMILES string of the molecule is COc1ccc(-c2noc(C3=C(C)N(CC4CCCO4)C(=S)NC3c3ccc(F)cc3)n2)cc1F. The molecule has 35 heavy (non-hydrogen) atoms. The second kappa shape index (κ2) is 9.71. The third-order valence-corrected chi connectivity index (χ3v) is 6.61. The number of aromatic nitrogens is 2. The molecule has 1 fully saturated rings. The van der Waals surface area contributed by atoms with Gasteiger partial charge in [0, 0.05) is 17.9 Å². The quantitative estimate of drug-likeness (QED) is 0.483. The van der Waals surface area contributed by atoms with Crippen molar-refractivity contribution < 1.29 is 22.8 Å². The monoisotopic (exact) mass is 498 g/mol. The number of thiocarbonyl (C=S) groups is 1. The fourth-order valence-electron chi connectivity index (χ4n) is 4.43. The number of methoxy groups -OCH3 is 1. The van der Waals surface area contributed by atoms with E-state index in [0.717, 1.165) is 30.7 Å². The van der Waals surface area contributed by atoms with Gasteiger partial charge in [0.1, 0.15) is 5.82 Å². The van der Waals surface area contributed by atoms with Gasteiger partial charge in [-0.15, -0.1) is 0 Å². The van der Waals surface area contributed by atoms with Crippen LogP contribution in [0.15, 0.2) is 52.7 Å². The molecule has 0 aliphatic carbocycles. The Kier molecular flexibility index (Phi) is 6.48. The smallest absolute Gasteiger partial charge is 0.258 e. The molecule has 2 aromatic carbocycles. The van der Waals surface area contributed by atoms with Crippen molar-refractivity contribution in [1.29, 1.82) is 0 Å². The number of allylic oxidation sites excluding steroid dienone is 1. The summed E-state index contributed by atoms with van der Waals surface area (Å²) in [5.41, 5.74) is 2.77. The zero-order valence-corrected chi connectivity index (χ0v) is 20.1. The first-order chi connectivity index (χ1) is 16.9. The maximum atomic E-state index is 14.3. The molecule has 0 spiro atoms. The van der Waals surface area contributed by atoms with E-state index >= 15 is 0 Å². The van der Waals surface area contributed by atoms with Crippen LogP contribution in [-0.2, 0) is 4.74 Å². The van der Waals surface area contributed by atoms with Gasteiger partial charge in [-0.05, 0) is 67.9 Å². The molecule has 1 saturated heterocycles. The minimum atomic E-state index is -0.525. The Hall–Kier alpha value is -3.37. The molecule has 1 N–H and O–H groups in total. The molecule has 182 valence electrons. The second-order valence-electron chi connectivity index (χ2n) is 8.45. The van der Waals surface area contributed by atoms with E-state index < -0.39 is 11.9 Å². The maximum absolute atomic E-state index is 14.3. The topological polar surface area (TPSA) is 72.7 Å². The summed E-state index contributed by atoms with van der Waals surface area (Å²) in [5, 5.41) is 7.97. The molecular formula is C25H24F2N4O3S. The molecule has 0 bridgehead atoms. The molecule has 7 nitrogen and oxygen atoms in total. The van der Waals surface area contributed by atoms with Crippen LogP contribution in [0.4, 0.5) is 8.78 Å². The van der Waals surface area contributed by atoms with E-state index in [1.807, 2.05) is 11.8 Å². The molecule has 10 heteroatoms. The minimum absolute atomic E-state index is 0.0637. The van der Waals surface area contributed by atoms with Gasteiger partial charge in [-0.25, -0.2) is 8.78 Å². The van der Waals surface area contributed by atoms with E-state index in [2.05, 4.69) is 15.5 Å². The highest BCUT2D eigenvalue weighted by Gasteiger charge is 2.35. The van der Waals surface area contributed by atoms with Crippen LogP contribution in [-0.4, -0.2) is 46.5 Å². The fraction of sp³-hybridized carbons (Fsp3) is 0.320. The van der Waals surface area contributed by atoms with Crippen molar-refractivity contribution in [3.63, 3.8) is 0 Å². The summed E-state index contributed by atoms with van der Waals surface area (Å²) in [6, 6.07) is 10.2. The lowest BCUT2D eigenvalue weighted by atomic mass is 9.94. The first-order valence-corrected chi connectivity index (χ1v) is 11.7. The van der Waals surface area contributed by atoms with Crippen LogP contribution in [0.2, 0.25) is 0 Å². The highest BCUT2D eigenvalue weighted by atomic mass is 32.1. The molecule has 5 rings (SSSR count). The van der Waals surface area contributed by atoms with Crippen LogP contribution in [0.25, 0.3) is 17.0 Å². The number of hydrogen-bond donors (Lipinski definition) is 1. The molecule has 0 radical (unpaired) electrons. The van der Waals surface area contributed by atoms with Crippen LogP contribution in [0.3, 0.4) is 0 Å². The Balaban J connectivity index is 1.56. The molecular weight excluding hydrogens is 474 g/mol.